The fraction of sp³-hybridized carbons (Fsp3) is 0.429. The Balaban J connectivity index is 2.43. The van der Waals surface area contributed by atoms with E-state index in [1.807, 2.05) is 19.1 Å². The van der Waals surface area contributed by atoms with Gasteiger partial charge in [0.25, 0.3) is 0 Å². The molecule has 0 aliphatic heterocycles. The van der Waals surface area contributed by atoms with Crippen molar-refractivity contribution in [2.24, 2.45) is 0 Å². The van der Waals surface area contributed by atoms with Gasteiger partial charge in [-0.25, -0.2) is 0 Å². The average molecular weight is 323 g/mol. The predicted octanol–water partition coefficient (Wildman–Crippen LogP) is 4.89. The molecule has 1 N–H and O–H groups in total. The van der Waals surface area contributed by atoms with Crippen molar-refractivity contribution >= 4 is 34.8 Å². The molecular formula is C14H18Cl3NO. The lowest BCUT2D eigenvalue weighted by Gasteiger charge is -2.16. The lowest BCUT2D eigenvalue weighted by atomic mass is 10.1. The molecule has 0 saturated heterocycles. The van der Waals surface area contributed by atoms with Crippen molar-refractivity contribution in [3.63, 3.8) is 0 Å². The van der Waals surface area contributed by atoms with Crippen LogP contribution in [0.5, 0.6) is 0 Å². The molecule has 2 nitrogen and oxygen atoms in total. The summed E-state index contributed by atoms with van der Waals surface area (Å²) in [6.45, 7) is 7.76. The predicted molar refractivity (Wildman–Crippen MR) is 83.5 cm³/mol. The van der Waals surface area contributed by atoms with E-state index in [2.05, 4.69) is 11.9 Å². The topological polar surface area (TPSA) is 21.3 Å². The Morgan fingerprint density at radius 1 is 1.26 bits per heavy atom. The Morgan fingerprint density at radius 3 is 2.68 bits per heavy atom. The zero-order valence-corrected chi connectivity index (χ0v) is 13.2. The van der Waals surface area contributed by atoms with E-state index >= 15 is 0 Å². The average Bonchev–Trinajstić information content (AvgIpc) is 2.40. The smallest absolute Gasteiger partial charge is 0.0781 e. The molecule has 106 valence electrons. The third-order valence-corrected chi connectivity index (χ3v) is 4.00. The van der Waals surface area contributed by atoms with E-state index in [0.717, 1.165) is 18.5 Å². The molecule has 1 unspecified atom stereocenters. The van der Waals surface area contributed by atoms with Gasteiger partial charge < -0.3 is 10.1 Å². The molecule has 0 radical (unpaired) electrons. The monoisotopic (exact) mass is 321 g/mol. The van der Waals surface area contributed by atoms with Gasteiger partial charge in [-0.3, -0.25) is 0 Å². The molecule has 0 aromatic heterocycles. The highest BCUT2D eigenvalue weighted by atomic mass is 35.5. The van der Waals surface area contributed by atoms with Crippen LogP contribution >= 0.6 is 34.8 Å². The lowest BCUT2D eigenvalue weighted by molar-refractivity contribution is 0.138. The van der Waals surface area contributed by atoms with Crippen LogP contribution in [-0.4, -0.2) is 19.8 Å². The van der Waals surface area contributed by atoms with Crippen molar-refractivity contribution in [2.45, 2.75) is 19.4 Å². The molecular weight excluding hydrogens is 305 g/mol. The number of benzene rings is 1. The SMILES string of the molecule is C=CCCOCCNC(C)c1ccc(Cl)c(Cl)c1Cl. The minimum Gasteiger partial charge on any atom is -0.380 e. The number of nitrogens with one attached hydrogen (secondary N) is 1. The fourth-order valence-electron chi connectivity index (χ4n) is 1.60. The second-order valence-corrected chi connectivity index (χ2v) is 5.29. The van der Waals surface area contributed by atoms with Crippen molar-refractivity contribution in [1.82, 2.24) is 5.32 Å². The largest absolute Gasteiger partial charge is 0.380 e. The lowest BCUT2D eigenvalue weighted by Crippen LogP contribution is -2.23. The summed E-state index contributed by atoms with van der Waals surface area (Å²) in [5.41, 5.74) is 0.933. The number of halogens is 3. The van der Waals surface area contributed by atoms with Crippen molar-refractivity contribution in [3.8, 4) is 0 Å². The Labute approximate surface area is 129 Å². The van der Waals surface area contributed by atoms with Gasteiger partial charge in [0.15, 0.2) is 0 Å². The molecule has 0 saturated carbocycles. The van der Waals surface area contributed by atoms with Gasteiger partial charge in [0.2, 0.25) is 0 Å². The van der Waals surface area contributed by atoms with E-state index in [4.69, 9.17) is 39.5 Å². The van der Waals surface area contributed by atoms with Crippen molar-refractivity contribution in [2.75, 3.05) is 19.8 Å². The molecule has 19 heavy (non-hydrogen) atoms. The molecule has 1 atom stereocenters. The summed E-state index contributed by atoms with van der Waals surface area (Å²) in [4.78, 5) is 0. The van der Waals surface area contributed by atoms with Crippen molar-refractivity contribution < 1.29 is 4.74 Å². The summed E-state index contributed by atoms with van der Waals surface area (Å²) < 4.78 is 5.42. The molecule has 0 aliphatic carbocycles. The van der Waals surface area contributed by atoms with Crippen LogP contribution in [0, 0.1) is 0 Å². The van der Waals surface area contributed by atoms with Crippen LogP contribution in [-0.2, 0) is 4.74 Å². The Hall–Kier alpha value is -0.250. The van der Waals surface area contributed by atoms with Gasteiger partial charge in [-0.05, 0) is 25.0 Å². The number of rotatable bonds is 8. The van der Waals surface area contributed by atoms with E-state index in [0.29, 0.717) is 28.3 Å². The maximum atomic E-state index is 6.18. The van der Waals surface area contributed by atoms with Gasteiger partial charge in [0, 0.05) is 12.6 Å². The summed E-state index contributed by atoms with van der Waals surface area (Å²) in [6, 6.07) is 3.72. The van der Waals surface area contributed by atoms with E-state index < -0.39 is 0 Å². The molecule has 0 fully saturated rings. The molecule has 1 rings (SSSR count). The third kappa shape index (κ3) is 5.33. The second-order valence-electron chi connectivity index (χ2n) is 4.13. The van der Waals surface area contributed by atoms with Crippen LogP contribution in [0.3, 0.4) is 0 Å². The van der Waals surface area contributed by atoms with Gasteiger partial charge in [0.05, 0.1) is 28.3 Å². The summed E-state index contributed by atoms with van der Waals surface area (Å²) in [5.74, 6) is 0. The van der Waals surface area contributed by atoms with Crippen LogP contribution < -0.4 is 5.32 Å². The van der Waals surface area contributed by atoms with Crippen molar-refractivity contribution in [3.05, 3.63) is 45.4 Å². The van der Waals surface area contributed by atoms with Crippen LogP contribution in [0.4, 0.5) is 0 Å². The maximum absolute atomic E-state index is 6.18. The van der Waals surface area contributed by atoms with E-state index in [1.54, 1.807) is 6.07 Å². The van der Waals surface area contributed by atoms with E-state index in [1.165, 1.54) is 0 Å². The quantitative estimate of drug-likeness (QED) is 0.418. The summed E-state index contributed by atoms with van der Waals surface area (Å²) in [7, 11) is 0. The number of hydrogen-bond donors (Lipinski definition) is 1. The van der Waals surface area contributed by atoms with Crippen molar-refractivity contribution in [1.29, 1.82) is 0 Å². The van der Waals surface area contributed by atoms with Gasteiger partial charge in [0.1, 0.15) is 0 Å². The number of hydrogen-bond acceptors (Lipinski definition) is 2. The Bertz CT molecular complexity index is 423. The Kier molecular flexibility index (Phi) is 7.81. The molecule has 0 spiro atoms. The van der Waals surface area contributed by atoms with Gasteiger partial charge in [-0.1, -0.05) is 46.9 Å². The first-order valence-electron chi connectivity index (χ1n) is 6.13. The van der Waals surface area contributed by atoms with Crippen LogP contribution in [0.15, 0.2) is 24.8 Å². The highest BCUT2D eigenvalue weighted by molar-refractivity contribution is 6.48. The summed E-state index contributed by atoms with van der Waals surface area (Å²) in [5, 5.41) is 4.70. The van der Waals surface area contributed by atoms with Gasteiger partial charge in [-0.2, -0.15) is 0 Å². The first kappa shape index (κ1) is 16.8. The summed E-state index contributed by atoms with van der Waals surface area (Å²) in [6.07, 6.45) is 2.71. The van der Waals surface area contributed by atoms with Gasteiger partial charge in [-0.15, -0.1) is 6.58 Å². The second kappa shape index (κ2) is 8.83. The van der Waals surface area contributed by atoms with E-state index in [9.17, 15) is 0 Å². The minimum atomic E-state index is 0.0882. The van der Waals surface area contributed by atoms with Crippen LogP contribution in [0.1, 0.15) is 24.9 Å². The maximum Gasteiger partial charge on any atom is 0.0781 e. The molecule has 5 heteroatoms. The molecule has 1 aromatic carbocycles. The molecule has 0 amide bonds. The normalized spacial score (nSPS) is 12.4. The zero-order valence-electron chi connectivity index (χ0n) is 10.9. The first-order chi connectivity index (χ1) is 9.07. The third-order valence-electron chi connectivity index (χ3n) is 2.69. The van der Waals surface area contributed by atoms with Crippen LogP contribution in [0.2, 0.25) is 15.1 Å². The zero-order chi connectivity index (χ0) is 14.3. The highest BCUT2D eigenvalue weighted by Gasteiger charge is 2.13. The van der Waals surface area contributed by atoms with Crippen LogP contribution in [0.25, 0.3) is 0 Å². The Morgan fingerprint density at radius 2 is 2.00 bits per heavy atom. The number of ether oxygens (including phenoxy) is 1. The molecule has 0 heterocycles. The molecule has 0 bridgehead atoms. The standard InChI is InChI=1S/C14H18Cl3NO/c1-3-4-8-19-9-7-18-10(2)11-5-6-12(15)14(17)13(11)16/h3,5-6,10,18H,1,4,7-9H2,2H3. The first-order valence-corrected chi connectivity index (χ1v) is 7.26. The summed E-state index contributed by atoms with van der Waals surface area (Å²) >= 11 is 18.1. The molecule has 0 aliphatic rings. The van der Waals surface area contributed by atoms with E-state index in [-0.39, 0.29) is 6.04 Å². The highest BCUT2D eigenvalue weighted by Crippen LogP contribution is 2.35. The minimum absolute atomic E-state index is 0.0882. The van der Waals surface area contributed by atoms with Gasteiger partial charge >= 0.3 is 0 Å². The fourth-order valence-corrected chi connectivity index (χ4v) is 2.31. The molecule has 1 aromatic rings.